The molecule has 0 bridgehead atoms. The summed E-state index contributed by atoms with van der Waals surface area (Å²) in [6.07, 6.45) is 0.302. The van der Waals surface area contributed by atoms with Crippen LogP contribution in [0.3, 0.4) is 0 Å². The van der Waals surface area contributed by atoms with Crippen LogP contribution in [0.25, 0.3) is 0 Å². The summed E-state index contributed by atoms with van der Waals surface area (Å²) in [7, 11) is 0. The number of aliphatic carboxylic acids is 1. The average molecular weight is 284 g/mol. The van der Waals surface area contributed by atoms with E-state index in [0.29, 0.717) is 12.0 Å². The van der Waals surface area contributed by atoms with E-state index in [1.807, 2.05) is 0 Å². The summed E-state index contributed by atoms with van der Waals surface area (Å²) < 4.78 is 25.9. The summed E-state index contributed by atoms with van der Waals surface area (Å²) in [4.78, 5) is 23.6. The summed E-state index contributed by atoms with van der Waals surface area (Å²) in [6, 6.07) is 2.84. The van der Waals surface area contributed by atoms with Crippen molar-refractivity contribution in [2.75, 3.05) is 19.6 Å². The molecule has 0 aromatic heterocycles. The van der Waals surface area contributed by atoms with Crippen molar-refractivity contribution < 1.29 is 23.5 Å². The third-order valence-electron chi connectivity index (χ3n) is 3.13. The molecule has 0 unspecified atom stereocenters. The van der Waals surface area contributed by atoms with Gasteiger partial charge in [-0.25, -0.2) is 13.6 Å². The topological polar surface area (TPSA) is 69.6 Å². The molecule has 2 N–H and O–H groups in total. The van der Waals surface area contributed by atoms with Crippen molar-refractivity contribution >= 4 is 12.0 Å². The minimum Gasteiger partial charge on any atom is -0.481 e. The van der Waals surface area contributed by atoms with Gasteiger partial charge in [0.05, 0.1) is 5.92 Å². The van der Waals surface area contributed by atoms with Crippen LogP contribution in [0.1, 0.15) is 5.56 Å². The summed E-state index contributed by atoms with van der Waals surface area (Å²) in [5.41, 5.74) is 0.454. The molecule has 20 heavy (non-hydrogen) atoms. The predicted octanol–water partition coefficient (Wildman–Crippen LogP) is 1.23. The molecule has 0 atom stereocenters. The molecule has 1 saturated heterocycles. The monoisotopic (exact) mass is 284 g/mol. The van der Waals surface area contributed by atoms with Crippen molar-refractivity contribution in [2.45, 2.75) is 6.42 Å². The van der Waals surface area contributed by atoms with E-state index in [-0.39, 0.29) is 25.7 Å². The Labute approximate surface area is 114 Å². The number of likely N-dealkylation sites (tertiary alicyclic amines) is 1. The van der Waals surface area contributed by atoms with Gasteiger partial charge in [-0.1, -0.05) is 0 Å². The van der Waals surface area contributed by atoms with Crippen molar-refractivity contribution in [1.29, 1.82) is 0 Å². The Bertz CT molecular complexity index is 510. The van der Waals surface area contributed by atoms with Crippen LogP contribution in [0.15, 0.2) is 18.2 Å². The van der Waals surface area contributed by atoms with Crippen LogP contribution >= 0.6 is 0 Å². The third-order valence-corrected chi connectivity index (χ3v) is 3.13. The lowest BCUT2D eigenvalue weighted by molar-refractivity contribution is -0.146. The largest absolute Gasteiger partial charge is 0.481 e. The van der Waals surface area contributed by atoms with E-state index in [2.05, 4.69) is 5.32 Å². The number of hydrogen-bond donors (Lipinski definition) is 2. The molecule has 0 aliphatic carbocycles. The Morgan fingerprint density at radius 1 is 1.25 bits per heavy atom. The maximum absolute atomic E-state index is 12.9. The number of carboxylic acids is 1. The van der Waals surface area contributed by atoms with Crippen molar-refractivity contribution in [3.05, 3.63) is 35.4 Å². The number of benzene rings is 1. The van der Waals surface area contributed by atoms with Crippen LogP contribution in [0.4, 0.5) is 13.6 Å². The first-order valence-corrected chi connectivity index (χ1v) is 6.16. The number of nitrogens with one attached hydrogen (secondary N) is 1. The molecule has 108 valence electrons. The fourth-order valence-corrected chi connectivity index (χ4v) is 1.98. The van der Waals surface area contributed by atoms with Gasteiger partial charge in [0.25, 0.3) is 0 Å². The van der Waals surface area contributed by atoms with Gasteiger partial charge in [-0.05, 0) is 24.1 Å². The molecule has 1 heterocycles. The van der Waals surface area contributed by atoms with Gasteiger partial charge < -0.3 is 15.3 Å². The number of carbonyl (C=O) groups is 2. The third kappa shape index (κ3) is 3.43. The second kappa shape index (κ2) is 5.85. The van der Waals surface area contributed by atoms with E-state index in [4.69, 9.17) is 5.11 Å². The second-order valence-corrected chi connectivity index (χ2v) is 4.70. The molecule has 1 aromatic carbocycles. The van der Waals surface area contributed by atoms with E-state index in [0.717, 1.165) is 6.07 Å². The van der Waals surface area contributed by atoms with E-state index in [1.165, 1.54) is 17.0 Å². The lowest BCUT2D eigenvalue weighted by Gasteiger charge is -2.36. The minimum atomic E-state index is -0.913. The van der Waals surface area contributed by atoms with Gasteiger partial charge in [-0.2, -0.15) is 0 Å². The second-order valence-electron chi connectivity index (χ2n) is 4.70. The highest BCUT2D eigenvalue weighted by molar-refractivity contribution is 5.79. The maximum atomic E-state index is 12.9. The van der Waals surface area contributed by atoms with E-state index in [1.54, 1.807) is 0 Å². The Kier molecular flexibility index (Phi) is 4.16. The van der Waals surface area contributed by atoms with Crippen LogP contribution in [0.2, 0.25) is 0 Å². The highest BCUT2D eigenvalue weighted by atomic mass is 19.1. The van der Waals surface area contributed by atoms with E-state index >= 15 is 0 Å². The standard InChI is InChI=1S/C13H14F2N2O3/c14-10-3-8(4-11(15)5-10)1-2-16-13(20)17-6-9(7-17)12(18)19/h3-5,9H,1-2,6-7H2,(H,16,20)(H,18,19). The van der Waals surface area contributed by atoms with Gasteiger partial charge in [-0.15, -0.1) is 0 Å². The number of halogens is 2. The fraction of sp³-hybridized carbons (Fsp3) is 0.385. The van der Waals surface area contributed by atoms with E-state index < -0.39 is 23.5 Å². The Morgan fingerprint density at radius 2 is 1.85 bits per heavy atom. The van der Waals surface area contributed by atoms with Gasteiger partial charge >= 0.3 is 12.0 Å². The molecule has 5 nitrogen and oxygen atoms in total. The normalized spacial score (nSPS) is 14.8. The number of nitrogens with zero attached hydrogens (tertiary/aromatic N) is 1. The quantitative estimate of drug-likeness (QED) is 0.873. The number of carboxylic acid groups (broad SMARTS) is 1. The number of amides is 2. The van der Waals surface area contributed by atoms with Gasteiger partial charge in [0, 0.05) is 25.7 Å². The summed E-state index contributed by atoms with van der Waals surface area (Å²) >= 11 is 0. The molecule has 0 saturated carbocycles. The fourth-order valence-electron chi connectivity index (χ4n) is 1.98. The van der Waals surface area contributed by atoms with E-state index in [9.17, 15) is 18.4 Å². The smallest absolute Gasteiger partial charge is 0.317 e. The SMILES string of the molecule is O=C(O)C1CN(C(=O)NCCc2cc(F)cc(F)c2)C1. The van der Waals surface area contributed by atoms with Gasteiger partial charge in [-0.3, -0.25) is 4.79 Å². The summed E-state index contributed by atoms with van der Waals surface area (Å²) in [5.74, 6) is -2.72. The zero-order valence-electron chi connectivity index (χ0n) is 10.6. The van der Waals surface area contributed by atoms with Gasteiger partial charge in [0.15, 0.2) is 0 Å². The maximum Gasteiger partial charge on any atom is 0.317 e. The molecule has 0 radical (unpaired) electrons. The van der Waals surface area contributed by atoms with Crippen molar-refractivity contribution in [1.82, 2.24) is 10.2 Å². The zero-order chi connectivity index (χ0) is 14.7. The molecular weight excluding hydrogens is 270 g/mol. The molecular formula is C13H14F2N2O3. The Hall–Kier alpha value is -2.18. The number of rotatable bonds is 4. The highest BCUT2D eigenvalue weighted by Crippen LogP contribution is 2.15. The van der Waals surface area contributed by atoms with Gasteiger partial charge in [0.2, 0.25) is 0 Å². The Balaban J connectivity index is 1.73. The van der Waals surface area contributed by atoms with Crippen molar-refractivity contribution in [3.63, 3.8) is 0 Å². The lowest BCUT2D eigenvalue weighted by atomic mass is 10.0. The predicted molar refractivity (Wildman–Crippen MR) is 66.2 cm³/mol. The van der Waals surface area contributed by atoms with Gasteiger partial charge in [0.1, 0.15) is 11.6 Å². The first-order valence-electron chi connectivity index (χ1n) is 6.16. The first kappa shape index (κ1) is 14.2. The molecule has 0 spiro atoms. The molecule has 2 rings (SSSR count). The molecule has 7 heteroatoms. The summed E-state index contributed by atoms with van der Waals surface area (Å²) in [5, 5.41) is 11.3. The number of carbonyl (C=O) groups excluding carboxylic acids is 1. The molecule has 1 aliphatic heterocycles. The zero-order valence-corrected chi connectivity index (χ0v) is 10.6. The van der Waals surface area contributed by atoms with Crippen molar-refractivity contribution in [3.8, 4) is 0 Å². The Morgan fingerprint density at radius 3 is 2.40 bits per heavy atom. The highest BCUT2D eigenvalue weighted by Gasteiger charge is 2.35. The molecule has 1 aromatic rings. The van der Waals surface area contributed by atoms with Crippen LogP contribution in [-0.4, -0.2) is 41.6 Å². The van der Waals surface area contributed by atoms with Crippen LogP contribution in [0, 0.1) is 17.6 Å². The number of hydrogen-bond acceptors (Lipinski definition) is 2. The minimum absolute atomic E-state index is 0.190. The summed E-state index contributed by atoms with van der Waals surface area (Å²) in [6.45, 7) is 0.613. The first-order chi connectivity index (χ1) is 9.45. The molecule has 1 aliphatic rings. The molecule has 1 fully saturated rings. The average Bonchev–Trinajstić information content (AvgIpc) is 2.24. The lowest BCUT2D eigenvalue weighted by Crippen LogP contribution is -2.56. The van der Waals surface area contributed by atoms with Crippen LogP contribution < -0.4 is 5.32 Å². The van der Waals surface area contributed by atoms with Crippen LogP contribution in [0.5, 0.6) is 0 Å². The van der Waals surface area contributed by atoms with Crippen LogP contribution in [-0.2, 0) is 11.2 Å². The number of urea groups is 1. The molecule has 2 amide bonds. The van der Waals surface area contributed by atoms with Crippen molar-refractivity contribution in [2.24, 2.45) is 5.92 Å².